The molecule has 2 unspecified atom stereocenters. The van der Waals surface area contributed by atoms with E-state index in [-0.39, 0.29) is 24.9 Å². The summed E-state index contributed by atoms with van der Waals surface area (Å²) in [5.41, 5.74) is 0.658. The van der Waals surface area contributed by atoms with Crippen LogP contribution in [0.15, 0.2) is 47.8 Å². The molecule has 7 heteroatoms. The number of aliphatic hydroxyl groups is 1. The van der Waals surface area contributed by atoms with Gasteiger partial charge in [-0.25, -0.2) is 4.79 Å². The number of likely N-dealkylation sites (tertiary alicyclic amines) is 1. The van der Waals surface area contributed by atoms with Crippen LogP contribution in [0.3, 0.4) is 0 Å². The van der Waals surface area contributed by atoms with Gasteiger partial charge in [-0.2, -0.15) is 0 Å². The van der Waals surface area contributed by atoms with E-state index in [0.29, 0.717) is 12.2 Å². The Balaban J connectivity index is 1.56. The summed E-state index contributed by atoms with van der Waals surface area (Å²) >= 11 is 1.65. The molecule has 0 aliphatic carbocycles. The van der Waals surface area contributed by atoms with Crippen LogP contribution in [-0.2, 0) is 11.2 Å². The average Bonchev–Trinajstić information content (AvgIpc) is 3.25. The van der Waals surface area contributed by atoms with Crippen LogP contribution >= 0.6 is 11.3 Å². The van der Waals surface area contributed by atoms with Crippen LogP contribution in [0, 0.1) is 0 Å². The summed E-state index contributed by atoms with van der Waals surface area (Å²) in [5, 5.41) is 17.5. The van der Waals surface area contributed by atoms with Crippen molar-refractivity contribution in [1.29, 1.82) is 0 Å². The molecule has 1 aromatic heterocycles. The fraction of sp³-hybridized carbons (Fsp3) is 0.333. The van der Waals surface area contributed by atoms with Gasteiger partial charge in [0.15, 0.2) is 0 Å². The van der Waals surface area contributed by atoms with Gasteiger partial charge in [0.1, 0.15) is 6.04 Å². The maximum absolute atomic E-state index is 12.5. The van der Waals surface area contributed by atoms with Crippen LogP contribution in [-0.4, -0.2) is 47.2 Å². The third-order valence-electron chi connectivity index (χ3n) is 4.12. The molecule has 6 nitrogen and oxygen atoms in total. The minimum Gasteiger partial charge on any atom is -0.391 e. The third kappa shape index (κ3) is 4.58. The van der Waals surface area contributed by atoms with Gasteiger partial charge < -0.3 is 20.6 Å². The summed E-state index contributed by atoms with van der Waals surface area (Å²) in [6.45, 7) is 0.668. The predicted octanol–water partition coefficient (Wildman–Crippen LogP) is 2.07. The van der Waals surface area contributed by atoms with Gasteiger partial charge in [-0.05, 0) is 30.0 Å². The van der Waals surface area contributed by atoms with Crippen molar-refractivity contribution in [1.82, 2.24) is 10.2 Å². The Kier molecular flexibility index (Phi) is 5.67. The van der Waals surface area contributed by atoms with Crippen LogP contribution in [0.4, 0.5) is 10.5 Å². The molecule has 2 aromatic rings. The summed E-state index contributed by atoms with van der Waals surface area (Å²) in [7, 11) is 0. The number of hydrogen-bond acceptors (Lipinski definition) is 4. The average molecular weight is 359 g/mol. The smallest absolute Gasteiger partial charge is 0.322 e. The Morgan fingerprint density at radius 1 is 1.20 bits per heavy atom. The van der Waals surface area contributed by atoms with Crippen molar-refractivity contribution < 1.29 is 14.7 Å². The molecular weight excluding hydrogens is 338 g/mol. The minimum atomic E-state index is -0.686. The molecule has 0 saturated carbocycles. The zero-order valence-corrected chi connectivity index (χ0v) is 14.5. The molecule has 1 fully saturated rings. The summed E-state index contributed by atoms with van der Waals surface area (Å²) in [6, 6.07) is 12.0. The van der Waals surface area contributed by atoms with Gasteiger partial charge in [-0.3, -0.25) is 4.79 Å². The molecule has 1 aromatic carbocycles. The zero-order valence-electron chi connectivity index (χ0n) is 13.7. The summed E-state index contributed by atoms with van der Waals surface area (Å²) in [6.07, 6.45) is 0.330. The number of urea groups is 1. The van der Waals surface area contributed by atoms with E-state index < -0.39 is 12.1 Å². The maximum atomic E-state index is 12.5. The van der Waals surface area contributed by atoms with Crippen molar-refractivity contribution in [2.75, 3.05) is 18.4 Å². The Hall–Kier alpha value is -2.38. The molecule has 25 heavy (non-hydrogen) atoms. The number of carbonyl (C=O) groups is 2. The number of thiophene rings is 1. The van der Waals surface area contributed by atoms with Gasteiger partial charge in [0.05, 0.1) is 6.10 Å². The minimum absolute atomic E-state index is 0.154. The van der Waals surface area contributed by atoms with Gasteiger partial charge in [0.25, 0.3) is 0 Å². The number of carbonyl (C=O) groups excluding carboxylic acids is 2. The molecule has 1 aliphatic rings. The lowest BCUT2D eigenvalue weighted by molar-refractivity contribution is -0.124. The number of nitrogens with one attached hydrogen (secondary N) is 2. The second kappa shape index (κ2) is 8.13. The predicted molar refractivity (Wildman–Crippen MR) is 97.6 cm³/mol. The molecule has 3 N–H and O–H groups in total. The fourth-order valence-electron chi connectivity index (χ4n) is 2.89. The largest absolute Gasteiger partial charge is 0.391 e. The standard InChI is InChI=1S/C18H21N3O3S/c22-14-11-16(17(23)19-9-8-15-7-4-10-25-15)21(12-14)18(24)20-13-5-2-1-3-6-13/h1-7,10,14,16,22H,8-9,11-12H2,(H,19,23)(H,20,24). The number of aliphatic hydroxyl groups excluding tert-OH is 1. The molecule has 1 saturated heterocycles. The Morgan fingerprint density at radius 3 is 2.72 bits per heavy atom. The van der Waals surface area contributed by atoms with Gasteiger partial charge in [0.2, 0.25) is 5.91 Å². The molecular formula is C18H21N3O3S. The normalized spacial score (nSPS) is 19.6. The highest BCUT2D eigenvalue weighted by atomic mass is 32.1. The van der Waals surface area contributed by atoms with Crippen LogP contribution in [0.25, 0.3) is 0 Å². The highest BCUT2D eigenvalue weighted by Crippen LogP contribution is 2.20. The maximum Gasteiger partial charge on any atom is 0.322 e. The van der Waals surface area contributed by atoms with E-state index in [1.807, 2.05) is 35.7 Å². The lowest BCUT2D eigenvalue weighted by atomic mass is 10.2. The van der Waals surface area contributed by atoms with Crippen LogP contribution in [0.2, 0.25) is 0 Å². The molecule has 3 rings (SSSR count). The number of anilines is 1. The highest BCUT2D eigenvalue weighted by Gasteiger charge is 2.38. The van der Waals surface area contributed by atoms with E-state index in [1.54, 1.807) is 23.5 Å². The molecule has 0 spiro atoms. The SMILES string of the molecule is O=C(NCCc1cccs1)C1CC(O)CN1C(=O)Nc1ccccc1. The first kappa shape index (κ1) is 17.4. The Bertz CT molecular complexity index is 706. The lowest BCUT2D eigenvalue weighted by Crippen LogP contribution is -2.47. The van der Waals surface area contributed by atoms with Crippen molar-refractivity contribution in [3.05, 3.63) is 52.7 Å². The van der Waals surface area contributed by atoms with E-state index in [4.69, 9.17) is 0 Å². The summed E-state index contributed by atoms with van der Waals surface area (Å²) < 4.78 is 0. The van der Waals surface area contributed by atoms with Gasteiger partial charge in [0, 0.05) is 30.1 Å². The molecule has 132 valence electrons. The topological polar surface area (TPSA) is 81.7 Å². The van der Waals surface area contributed by atoms with Crippen molar-refractivity contribution in [2.24, 2.45) is 0 Å². The first-order valence-electron chi connectivity index (χ1n) is 8.24. The quantitative estimate of drug-likeness (QED) is 0.764. The number of hydrogen-bond donors (Lipinski definition) is 3. The molecule has 0 radical (unpaired) electrons. The first-order valence-corrected chi connectivity index (χ1v) is 9.12. The van der Waals surface area contributed by atoms with E-state index in [2.05, 4.69) is 10.6 Å². The van der Waals surface area contributed by atoms with E-state index in [0.717, 1.165) is 6.42 Å². The number of amides is 3. The fourth-order valence-corrected chi connectivity index (χ4v) is 3.59. The molecule has 2 atom stereocenters. The van der Waals surface area contributed by atoms with Crippen molar-refractivity contribution in [3.8, 4) is 0 Å². The van der Waals surface area contributed by atoms with E-state index in [9.17, 15) is 14.7 Å². The van der Waals surface area contributed by atoms with Crippen LogP contribution < -0.4 is 10.6 Å². The molecule has 0 bridgehead atoms. The van der Waals surface area contributed by atoms with Crippen molar-refractivity contribution in [3.63, 3.8) is 0 Å². The third-order valence-corrected chi connectivity index (χ3v) is 5.05. The van der Waals surface area contributed by atoms with E-state index in [1.165, 1.54) is 9.78 Å². The number of benzene rings is 1. The number of nitrogens with zero attached hydrogens (tertiary/aromatic N) is 1. The van der Waals surface area contributed by atoms with Gasteiger partial charge in [-0.1, -0.05) is 24.3 Å². The Labute approximate surface area is 150 Å². The number of para-hydroxylation sites is 1. The summed E-state index contributed by atoms with van der Waals surface area (Å²) in [5.74, 6) is -0.226. The van der Waals surface area contributed by atoms with Gasteiger partial charge in [-0.15, -0.1) is 11.3 Å². The molecule has 2 heterocycles. The van der Waals surface area contributed by atoms with Crippen LogP contribution in [0.5, 0.6) is 0 Å². The van der Waals surface area contributed by atoms with Gasteiger partial charge >= 0.3 is 6.03 Å². The molecule has 3 amide bonds. The van der Waals surface area contributed by atoms with Crippen molar-refractivity contribution >= 4 is 29.0 Å². The highest BCUT2D eigenvalue weighted by molar-refractivity contribution is 7.09. The monoisotopic (exact) mass is 359 g/mol. The second-order valence-corrected chi connectivity index (χ2v) is 7.01. The first-order chi connectivity index (χ1) is 12.1. The second-order valence-electron chi connectivity index (χ2n) is 5.97. The zero-order chi connectivity index (χ0) is 17.6. The van der Waals surface area contributed by atoms with Crippen molar-refractivity contribution in [2.45, 2.75) is 25.0 Å². The van der Waals surface area contributed by atoms with Crippen LogP contribution in [0.1, 0.15) is 11.3 Å². The van der Waals surface area contributed by atoms with E-state index >= 15 is 0 Å². The lowest BCUT2D eigenvalue weighted by Gasteiger charge is -2.24. The Morgan fingerprint density at radius 2 is 2.00 bits per heavy atom. The number of rotatable bonds is 5. The molecule has 1 aliphatic heterocycles. The number of β-amino-alcohol motifs (C(OH)–C–C–N with tert-alkyl or cyclic N) is 1. The summed E-state index contributed by atoms with van der Waals surface area (Å²) in [4.78, 5) is 27.5.